The highest BCUT2D eigenvalue weighted by atomic mass is 16.7. The van der Waals surface area contributed by atoms with Crippen molar-refractivity contribution in [2.24, 2.45) is 0 Å². The first kappa shape index (κ1) is 9.19. The highest BCUT2D eigenvalue weighted by Crippen LogP contribution is 2.24. The summed E-state index contributed by atoms with van der Waals surface area (Å²) in [5.41, 5.74) is 0. The summed E-state index contributed by atoms with van der Waals surface area (Å²) in [6.45, 7) is 5.18. The maximum Gasteiger partial charge on any atom is 0.161 e. The molecule has 74 valence electrons. The van der Waals surface area contributed by atoms with Gasteiger partial charge in [-0.3, -0.25) is 0 Å². The molecule has 0 aliphatic carbocycles. The molecule has 2 heterocycles. The standard InChI is InChI=1S/C10H16O3/c1-2-4-10-12-7-9-8(13-10)5-3-6-11-9/h2,8-10H,1,3-7H2/t8-,9+,10+/m0/s1. The van der Waals surface area contributed by atoms with Gasteiger partial charge in [0.2, 0.25) is 0 Å². The van der Waals surface area contributed by atoms with Gasteiger partial charge in [0.25, 0.3) is 0 Å². The minimum Gasteiger partial charge on any atom is -0.373 e. The van der Waals surface area contributed by atoms with Gasteiger partial charge in [0.1, 0.15) is 6.10 Å². The molecule has 2 saturated heterocycles. The van der Waals surface area contributed by atoms with Crippen molar-refractivity contribution in [3.05, 3.63) is 12.7 Å². The Hall–Kier alpha value is -0.380. The molecule has 3 atom stereocenters. The maximum atomic E-state index is 5.71. The lowest BCUT2D eigenvalue weighted by molar-refractivity contribution is -0.271. The van der Waals surface area contributed by atoms with Crippen LogP contribution in [0.2, 0.25) is 0 Å². The smallest absolute Gasteiger partial charge is 0.161 e. The summed E-state index contributed by atoms with van der Waals surface area (Å²) in [6.07, 6.45) is 5.10. The van der Waals surface area contributed by atoms with Crippen LogP contribution >= 0.6 is 0 Å². The molecule has 0 radical (unpaired) electrons. The van der Waals surface area contributed by atoms with E-state index in [4.69, 9.17) is 14.2 Å². The first-order valence-electron chi connectivity index (χ1n) is 4.89. The van der Waals surface area contributed by atoms with Crippen molar-refractivity contribution >= 4 is 0 Å². The van der Waals surface area contributed by atoms with E-state index < -0.39 is 0 Å². The molecule has 0 aromatic heterocycles. The Morgan fingerprint density at radius 3 is 3.08 bits per heavy atom. The molecule has 2 rings (SSSR count). The van der Waals surface area contributed by atoms with Gasteiger partial charge in [0.15, 0.2) is 6.29 Å². The number of ether oxygens (including phenoxy) is 3. The fraction of sp³-hybridized carbons (Fsp3) is 0.800. The molecule has 13 heavy (non-hydrogen) atoms. The normalized spacial score (nSPS) is 39.5. The van der Waals surface area contributed by atoms with Crippen molar-refractivity contribution in [2.45, 2.75) is 37.8 Å². The number of rotatable bonds is 2. The van der Waals surface area contributed by atoms with Crippen molar-refractivity contribution in [2.75, 3.05) is 13.2 Å². The van der Waals surface area contributed by atoms with Crippen LogP contribution in [-0.4, -0.2) is 31.7 Å². The van der Waals surface area contributed by atoms with E-state index in [1.54, 1.807) is 0 Å². The van der Waals surface area contributed by atoms with E-state index in [9.17, 15) is 0 Å². The largest absolute Gasteiger partial charge is 0.373 e. The summed E-state index contributed by atoms with van der Waals surface area (Å²) in [6, 6.07) is 0. The van der Waals surface area contributed by atoms with Crippen molar-refractivity contribution in [3.8, 4) is 0 Å². The van der Waals surface area contributed by atoms with Gasteiger partial charge in [-0.1, -0.05) is 6.08 Å². The van der Waals surface area contributed by atoms with E-state index in [2.05, 4.69) is 6.58 Å². The quantitative estimate of drug-likeness (QED) is 0.608. The third-order valence-electron chi connectivity index (χ3n) is 2.51. The zero-order valence-corrected chi connectivity index (χ0v) is 7.78. The summed E-state index contributed by atoms with van der Waals surface area (Å²) in [4.78, 5) is 0. The first-order chi connectivity index (χ1) is 6.40. The van der Waals surface area contributed by atoms with E-state index in [-0.39, 0.29) is 18.5 Å². The highest BCUT2D eigenvalue weighted by molar-refractivity contribution is 4.80. The second kappa shape index (κ2) is 4.22. The van der Waals surface area contributed by atoms with Crippen molar-refractivity contribution in [1.29, 1.82) is 0 Å². The maximum absolute atomic E-state index is 5.71. The highest BCUT2D eigenvalue weighted by Gasteiger charge is 2.33. The predicted octanol–water partition coefficient (Wildman–Crippen LogP) is 1.48. The lowest BCUT2D eigenvalue weighted by atomic mass is 10.1. The third kappa shape index (κ3) is 2.10. The Bertz CT molecular complexity index is 181. The van der Waals surface area contributed by atoms with Crippen molar-refractivity contribution in [1.82, 2.24) is 0 Å². The average Bonchev–Trinajstić information content (AvgIpc) is 2.18. The molecule has 2 aliphatic heterocycles. The van der Waals surface area contributed by atoms with Gasteiger partial charge >= 0.3 is 0 Å². The molecule has 0 amide bonds. The topological polar surface area (TPSA) is 27.7 Å². The molecule has 0 saturated carbocycles. The van der Waals surface area contributed by atoms with E-state index in [1.165, 1.54) is 0 Å². The summed E-state index contributed by atoms with van der Waals surface area (Å²) in [7, 11) is 0. The lowest BCUT2D eigenvalue weighted by Gasteiger charge is -2.38. The van der Waals surface area contributed by atoms with Gasteiger partial charge in [0.05, 0.1) is 12.7 Å². The Morgan fingerprint density at radius 1 is 1.31 bits per heavy atom. The second-order valence-electron chi connectivity index (χ2n) is 3.51. The van der Waals surface area contributed by atoms with E-state index in [0.717, 1.165) is 25.9 Å². The van der Waals surface area contributed by atoms with Crippen LogP contribution in [0.5, 0.6) is 0 Å². The van der Waals surface area contributed by atoms with Gasteiger partial charge in [-0.2, -0.15) is 0 Å². The average molecular weight is 184 g/mol. The number of hydrogen-bond donors (Lipinski definition) is 0. The fourth-order valence-electron chi connectivity index (χ4n) is 1.82. The Balaban J connectivity index is 1.87. The van der Waals surface area contributed by atoms with Crippen LogP contribution in [0.3, 0.4) is 0 Å². The minimum absolute atomic E-state index is 0.0968. The summed E-state index contributed by atoms with van der Waals surface area (Å²) >= 11 is 0. The minimum atomic E-state index is -0.0968. The van der Waals surface area contributed by atoms with Gasteiger partial charge in [-0.15, -0.1) is 6.58 Å². The molecule has 0 bridgehead atoms. The molecule has 0 unspecified atom stereocenters. The van der Waals surface area contributed by atoms with Crippen LogP contribution in [0.15, 0.2) is 12.7 Å². The molecule has 3 nitrogen and oxygen atoms in total. The first-order valence-corrected chi connectivity index (χ1v) is 4.89. The van der Waals surface area contributed by atoms with Gasteiger partial charge in [-0.05, 0) is 12.8 Å². The van der Waals surface area contributed by atoms with E-state index in [0.29, 0.717) is 6.61 Å². The molecule has 3 heteroatoms. The fourth-order valence-corrected chi connectivity index (χ4v) is 1.82. The monoisotopic (exact) mass is 184 g/mol. The molecule has 0 spiro atoms. The summed E-state index contributed by atoms with van der Waals surface area (Å²) < 4.78 is 16.7. The molecule has 0 N–H and O–H groups in total. The van der Waals surface area contributed by atoms with Gasteiger partial charge < -0.3 is 14.2 Å². The van der Waals surface area contributed by atoms with E-state index in [1.807, 2.05) is 6.08 Å². The molecule has 2 fully saturated rings. The molecule has 0 aromatic carbocycles. The van der Waals surface area contributed by atoms with E-state index >= 15 is 0 Å². The Labute approximate surface area is 78.7 Å². The summed E-state index contributed by atoms with van der Waals surface area (Å²) in [5, 5.41) is 0. The Kier molecular flexibility index (Phi) is 2.98. The van der Waals surface area contributed by atoms with Gasteiger partial charge in [0, 0.05) is 13.0 Å². The molecular weight excluding hydrogens is 168 g/mol. The van der Waals surface area contributed by atoms with Crippen LogP contribution in [0.25, 0.3) is 0 Å². The van der Waals surface area contributed by atoms with Crippen LogP contribution < -0.4 is 0 Å². The molecule has 0 aromatic rings. The SMILES string of the molecule is C=CC[C@@H]1OC[C@H]2OCCC[C@@H]2O1. The van der Waals surface area contributed by atoms with Crippen molar-refractivity contribution < 1.29 is 14.2 Å². The number of fused-ring (bicyclic) bond motifs is 1. The van der Waals surface area contributed by atoms with Crippen LogP contribution in [-0.2, 0) is 14.2 Å². The van der Waals surface area contributed by atoms with Crippen LogP contribution in [0.4, 0.5) is 0 Å². The Morgan fingerprint density at radius 2 is 2.23 bits per heavy atom. The number of hydrogen-bond acceptors (Lipinski definition) is 3. The zero-order chi connectivity index (χ0) is 9.10. The second-order valence-corrected chi connectivity index (χ2v) is 3.51. The summed E-state index contributed by atoms with van der Waals surface area (Å²) in [5.74, 6) is 0. The third-order valence-corrected chi connectivity index (χ3v) is 2.51. The van der Waals surface area contributed by atoms with Gasteiger partial charge in [-0.25, -0.2) is 0 Å². The van der Waals surface area contributed by atoms with Crippen molar-refractivity contribution in [3.63, 3.8) is 0 Å². The molecule has 2 aliphatic rings. The predicted molar refractivity (Wildman–Crippen MR) is 48.4 cm³/mol. The molecular formula is C10H16O3. The zero-order valence-electron chi connectivity index (χ0n) is 7.78. The lowest BCUT2D eigenvalue weighted by Crippen LogP contribution is -2.47. The van der Waals surface area contributed by atoms with Crippen LogP contribution in [0, 0.1) is 0 Å². The van der Waals surface area contributed by atoms with Crippen LogP contribution in [0.1, 0.15) is 19.3 Å².